The van der Waals surface area contributed by atoms with Crippen LogP contribution in [-0.4, -0.2) is 53.0 Å². The maximum atomic E-state index is 12.8. The van der Waals surface area contributed by atoms with Gasteiger partial charge in [-0.05, 0) is 64.9 Å². The van der Waals surface area contributed by atoms with Crippen molar-refractivity contribution in [2.24, 2.45) is 0 Å². The molecule has 0 saturated heterocycles. The lowest BCUT2D eigenvalue weighted by atomic mass is 10.1. The quantitative estimate of drug-likeness (QED) is 0.0533. The molecule has 0 fully saturated rings. The van der Waals surface area contributed by atoms with Crippen LogP contribution in [0.15, 0.2) is 0 Å². The van der Waals surface area contributed by atoms with Gasteiger partial charge in [-0.3, -0.25) is 9.59 Å². The van der Waals surface area contributed by atoms with E-state index in [1.165, 1.54) is 152 Å². The van der Waals surface area contributed by atoms with E-state index in [4.69, 9.17) is 24.4 Å². The molecular formula is C38H72N2O2S6. The Bertz CT molecular complexity index is 785. The largest absolute Gasteiger partial charge is 0.355 e. The van der Waals surface area contributed by atoms with Crippen molar-refractivity contribution < 1.29 is 9.59 Å². The highest BCUT2D eigenvalue weighted by Gasteiger charge is 2.31. The predicted molar refractivity (Wildman–Crippen MR) is 232 cm³/mol. The van der Waals surface area contributed by atoms with Crippen LogP contribution in [0.4, 0.5) is 0 Å². The van der Waals surface area contributed by atoms with Gasteiger partial charge in [-0.1, -0.05) is 177 Å². The number of carbonyl (C=O) groups excluding carboxylic acids is 2. The molecule has 0 aliphatic rings. The summed E-state index contributed by atoms with van der Waals surface area (Å²) in [6, 6.07) is 0. The first kappa shape index (κ1) is 48.5. The summed E-state index contributed by atoms with van der Waals surface area (Å²) < 4.78 is 0.514. The second-order valence-corrected chi connectivity index (χ2v) is 21.8. The highest BCUT2D eigenvalue weighted by atomic mass is 32.2. The number of hydrogen-bond donors (Lipinski definition) is 2. The van der Waals surface area contributed by atoms with Gasteiger partial charge in [0.15, 0.2) is 0 Å². The molecule has 0 bridgehead atoms. The van der Waals surface area contributed by atoms with Gasteiger partial charge in [0, 0.05) is 13.1 Å². The van der Waals surface area contributed by atoms with Gasteiger partial charge in [0.1, 0.15) is 7.06 Å². The lowest BCUT2D eigenvalue weighted by Gasteiger charge is -2.23. The van der Waals surface area contributed by atoms with Crippen LogP contribution in [0.5, 0.6) is 0 Å². The molecule has 0 saturated carbocycles. The molecule has 0 aromatic rings. The predicted octanol–water partition coefficient (Wildman–Crippen LogP) is 12.9. The van der Waals surface area contributed by atoms with Gasteiger partial charge < -0.3 is 10.6 Å². The number of thioether (sulfide) groups is 4. The van der Waals surface area contributed by atoms with Crippen molar-refractivity contribution in [2.75, 3.05) is 24.6 Å². The minimum absolute atomic E-state index is 0.0137. The van der Waals surface area contributed by atoms with Crippen LogP contribution in [0.1, 0.15) is 183 Å². The molecule has 0 unspecified atom stereocenters. The summed E-state index contributed by atoms with van der Waals surface area (Å²) in [6.45, 7) is 13.5. The summed E-state index contributed by atoms with van der Waals surface area (Å²) in [7, 11) is 0. The van der Waals surface area contributed by atoms with E-state index in [1.807, 2.05) is 27.7 Å². The molecule has 0 radical (unpaired) electrons. The van der Waals surface area contributed by atoms with Crippen LogP contribution < -0.4 is 10.6 Å². The Labute approximate surface area is 325 Å². The number of nitrogens with one attached hydrogen (secondary N) is 2. The average Bonchev–Trinajstić information content (AvgIpc) is 3.03. The summed E-state index contributed by atoms with van der Waals surface area (Å²) in [6.07, 6.45) is 28.3. The molecule has 4 nitrogen and oxygen atoms in total. The fourth-order valence-electron chi connectivity index (χ4n) is 5.14. The zero-order valence-electron chi connectivity index (χ0n) is 31.7. The first-order valence-electron chi connectivity index (χ1n) is 19.2. The molecule has 0 atom stereocenters. The fraction of sp³-hybridized carbons (Fsp3) is 0.895. The Morgan fingerprint density at radius 2 is 0.729 bits per heavy atom. The Hall–Kier alpha value is 0.520. The van der Waals surface area contributed by atoms with Gasteiger partial charge in [0.2, 0.25) is 11.8 Å². The van der Waals surface area contributed by atoms with Gasteiger partial charge >= 0.3 is 0 Å². The summed E-state index contributed by atoms with van der Waals surface area (Å²) in [4.78, 5) is 25.7. The molecule has 48 heavy (non-hydrogen) atoms. The molecular weight excluding hydrogens is 709 g/mol. The summed E-state index contributed by atoms with van der Waals surface area (Å²) in [5, 5.41) is 6.13. The molecule has 0 aliphatic carbocycles. The normalized spacial score (nSPS) is 11.9. The number of amides is 2. The maximum absolute atomic E-state index is 12.8. The molecule has 0 aliphatic heterocycles. The van der Waals surface area contributed by atoms with Crippen molar-refractivity contribution in [3.8, 4) is 0 Å². The van der Waals surface area contributed by atoms with Crippen LogP contribution in [0, 0.1) is 0 Å². The summed E-state index contributed by atoms with van der Waals surface area (Å²) >= 11 is 17.6. The first-order valence-corrected chi connectivity index (χ1v) is 23.7. The fourth-order valence-corrected chi connectivity index (χ4v) is 11.3. The molecule has 10 heteroatoms. The zero-order chi connectivity index (χ0) is 35.9. The smallest absolute Gasteiger partial charge is 0.236 e. The molecule has 0 aromatic carbocycles. The van der Waals surface area contributed by atoms with E-state index in [0.717, 1.165) is 31.4 Å². The number of thiocarbonyl (C=S) groups is 2. The molecule has 2 amide bonds. The molecule has 2 N–H and O–H groups in total. The second-order valence-electron chi connectivity index (χ2n) is 14.0. The average molecular weight is 781 g/mol. The van der Waals surface area contributed by atoms with Gasteiger partial charge in [0.25, 0.3) is 0 Å². The SMILES string of the molecule is CCCCCCCCCCCCSC(=S)SC(C)(C)C(=O)NCCCCNC(=O)C(C)(C)SC(=S)SCCCCCCCCCCCC. The highest BCUT2D eigenvalue weighted by molar-refractivity contribution is 8.48. The Kier molecular flexibility index (Phi) is 32.5. The van der Waals surface area contributed by atoms with E-state index < -0.39 is 9.49 Å². The van der Waals surface area contributed by atoms with Crippen molar-refractivity contribution >= 4 is 90.4 Å². The van der Waals surface area contributed by atoms with Gasteiger partial charge in [-0.25, -0.2) is 0 Å². The third-order valence-corrected chi connectivity index (χ3v) is 14.0. The van der Waals surface area contributed by atoms with Crippen molar-refractivity contribution in [3.05, 3.63) is 0 Å². The highest BCUT2D eigenvalue weighted by Crippen LogP contribution is 2.33. The number of carbonyl (C=O) groups is 2. The Morgan fingerprint density at radius 1 is 0.458 bits per heavy atom. The van der Waals surface area contributed by atoms with E-state index in [1.54, 1.807) is 23.5 Å². The molecule has 0 heterocycles. The first-order chi connectivity index (χ1) is 23.0. The standard InChI is InChI=1S/C38H72N2O2S6/c1-7-9-11-13-15-17-19-21-23-27-31-45-35(43)47-37(3,4)33(41)39-29-25-26-30-40-34(42)38(5,6)48-36(44)46-32-28-24-22-20-18-16-14-12-10-8-2/h7-32H2,1-6H3,(H,39,41)(H,40,42). The van der Waals surface area contributed by atoms with Crippen LogP contribution in [-0.2, 0) is 9.59 Å². The van der Waals surface area contributed by atoms with Crippen LogP contribution in [0.25, 0.3) is 0 Å². The monoisotopic (exact) mass is 780 g/mol. The van der Waals surface area contributed by atoms with Crippen LogP contribution in [0.2, 0.25) is 0 Å². The maximum Gasteiger partial charge on any atom is 0.236 e. The minimum Gasteiger partial charge on any atom is -0.355 e. The van der Waals surface area contributed by atoms with E-state index in [9.17, 15) is 9.59 Å². The molecule has 282 valence electrons. The van der Waals surface area contributed by atoms with Crippen molar-refractivity contribution in [2.45, 2.75) is 192 Å². The van der Waals surface area contributed by atoms with Gasteiger partial charge in [0.05, 0.1) is 9.49 Å². The molecule has 0 aromatic heterocycles. The summed E-state index contributed by atoms with van der Waals surface area (Å²) in [5.41, 5.74) is 0. The van der Waals surface area contributed by atoms with E-state index >= 15 is 0 Å². The number of rotatable bonds is 31. The van der Waals surface area contributed by atoms with Crippen molar-refractivity contribution in [1.82, 2.24) is 10.6 Å². The Balaban J connectivity index is 3.92. The lowest BCUT2D eigenvalue weighted by Crippen LogP contribution is -2.41. The van der Waals surface area contributed by atoms with E-state index in [2.05, 4.69) is 24.5 Å². The van der Waals surface area contributed by atoms with Crippen molar-refractivity contribution in [3.63, 3.8) is 0 Å². The zero-order valence-corrected chi connectivity index (χ0v) is 36.5. The third-order valence-electron chi connectivity index (χ3n) is 8.38. The van der Waals surface area contributed by atoms with E-state index in [-0.39, 0.29) is 11.8 Å². The topological polar surface area (TPSA) is 58.2 Å². The minimum atomic E-state index is -0.596. The lowest BCUT2D eigenvalue weighted by molar-refractivity contribution is -0.123. The molecule has 0 rings (SSSR count). The summed E-state index contributed by atoms with van der Waals surface area (Å²) in [5.74, 6) is 2.09. The van der Waals surface area contributed by atoms with Gasteiger partial charge in [-0.15, -0.1) is 23.5 Å². The van der Waals surface area contributed by atoms with Crippen molar-refractivity contribution in [1.29, 1.82) is 0 Å². The van der Waals surface area contributed by atoms with Crippen LogP contribution in [0.3, 0.4) is 0 Å². The Morgan fingerprint density at radius 3 is 1.02 bits per heavy atom. The molecule has 0 spiro atoms. The van der Waals surface area contributed by atoms with Crippen LogP contribution >= 0.6 is 71.5 Å². The van der Waals surface area contributed by atoms with Gasteiger partial charge in [-0.2, -0.15) is 0 Å². The number of unbranched alkanes of at least 4 members (excludes halogenated alkanes) is 19. The number of hydrogen-bond acceptors (Lipinski definition) is 8. The second kappa shape index (κ2) is 32.2. The third kappa shape index (κ3) is 29.1. The van der Waals surface area contributed by atoms with E-state index in [0.29, 0.717) is 13.1 Å².